The number of nitrogens with one attached hydrogen (secondary N) is 1. The molecule has 0 saturated heterocycles. The summed E-state index contributed by atoms with van der Waals surface area (Å²) < 4.78 is 7.35. The highest BCUT2D eigenvalue weighted by Crippen LogP contribution is 2.19. The number of carbonyl (C=O) groups excluding carboxylic acids is 1. The Labute approximate surface area is 119 Å². The van der Waals surface area contributed by atoms with Crippen molar-refractivity contribution in [3.63, 3.8) is 0 Å². The Hall–Kier alpha value is -1.63. The average molecular weight is 327 g/mol. The topological polar surface area (TPSA) is 68.5 Å². The van der Waals surface area contributed by atoms with Crippen molar-refractivity contribution in [2.75, 3.05) is 11.9 Å². The molecule has 1 N–H and O–H groups in total. The van der Waals surface area contributed by atoms with Gasteiger partial charge in [0.05, 0.1) is 6.61 Å². The highest BCUT2D eigenvalue weighted by molar-refractivity contribution is 9.10. The van der Waals surface area contributed by atoms with Gasteiger partial charge in [-0.05, 0) is 36.7 Å². The van der Waals surface area contributed by atoms with Crippen LogP contribution in [0.2, 0.25) is 0 Å². The third-order valence-electron chi connectivity index (χ3n) is 2.32. The summed E-state index contributed by atoms with van der Waals surface area (Å²) in [5.74, 6) is 0.192. The molecule has 0 radical (unpaired) electrons. The minimum absolute atomic E-state index is 0.216. The number of rotatable bonds is 4. The van der Waals surface area contributed by atoms with Crippen LogP contribution in [0.15, 0.2) is 17.0 Å². The van der Waals surface area contributed by atoms with Crippen LogP contribution in [0.1, 0.15) is 31.3 Å². The lowest BCUT2D eigenvalue weighted by Gasteiger charge is -2.09. The van der Waals surface area contributed by atoms with Crippen LogP contribution in [0, 0.1) is 0 Å². The van der Waals surface area contributed by atoms with Crippen molar-refractivity contribution in [1.29, 1.82) is 0 Å². The number of nitrogens with zero attached hydrogens (tertiary/aromatic N) is 3. The molecular formula is C12H15BrN4O2. The van der Waals surface area contributed by atoms with Gasteiger partial charge in [0.25, 0.3) is 0 Å². The Kier molecular flexibility index (Phi) is 4.04. The smallest absolute Gasteiger partial charge is 0.358 e. The maximum atomic E-state index is 11.7. The highest BCUT2D eigenvalue weighted by Gasteiger charge is 2.15. The lowest BCUT2D eigenvalue weighted by molar-refractivity contribution is 0.0520. The molecular weight excluding hydrogens is 312 g/mol. The fraction of sp³-hybridized carbons (Fsp3) is 0.417. The lowest BCUT2D eigenvalue weighted by Crippen LogP contribution is -2.12. The largest absolute Gasteiger partial charge is 0.461 e. The zero-order valence-electron chi connectivity index (χ0n) is 11.0. The Morgan fingerprint density at radius 1 is 1.47 bits per heavy atom. The van der Waals surface area contributed by atoms with Crippen LogP contribution in [-0.2, 0) is 4.74 Å². The molecule has 2 aromatic rings. The van der Waals surface area contributed by atoms with Gasteiger partial charge in [-0.3, -0.25) is 0 Å². The second kappa shape index (κ2) is 5.56. The molecule has 2 heterocycles. The zero-order chi connectivity index (χ0) is 14.0. The van der Waals surface area contributed by atoms with Gasteiger partial charge < -0.3 is 14.5 Å². The minimum Gasteiger partial charge on any atom is -0.461 e. The van der Waals surface area contributed by atoms with Gasteiger partial charge in [-0.15, -0.1) is 0 Å². The van der Waals surface area contributed by atoms with Crippen LogP contribution >= 0.6 is 15.9 Å². The molecule has 102 valence electrons. The Morgan fingerprint density at radius 2 is 2.21 bits per heavy atom. The standard InChI is InChI=1S/C12H15BrN4O2/c1-4-19-12(18)8-5-17-6-9(13)16-10(11(17)15-8)14-7(2)3/h5-7H,4H2,1-3H3,(H,14,16). The summed E-state index contributed by atoms with van der Waals surface area (Å²) in [6.45, 7) is 6.10. The number of fused-ring (bicyclic) bond motifs is 1. The molecule has 2 aromatic heterocycles. The molecule has 0 amide bonds. The van der Waals surface area contributed by atoms with Crippen molar-refractivity contribution in [3.05, 3.63) is 22.7 Å². The molecule has 19 heavy (non-hydrogen) atoms. The molecule has 0 aliphatic rings. The van der Waals surface area contributed by atoms with Gasteiger partial charge in [-0.1, -0.05) is 0 Å². The maximum Gasteiger partial charge on any atom is 0.358 e. The van der Waals surface area contributed by atoms with E-state index >= 15 is 0 Å². The first-order valence-corrected chi connectivity index (χ1v) is 6.79. The predicted octanol–water partition coefficient (Wildman–Crippen LogP) is 2.49. The molecule has 0 spiro atoms. The summed E-state index contributed by atoms with van der Waals surface area (Å²) in [5.41, 5.74) is 0.869. The number of hydrogen-bond donors (Lipinski definition) is 1. The van der Waals surface area contributed by atoms with E-state index in [1.165, 1.54) is 0 Å². The zero-order valence-corrected chi connectivity index (χ0v) is 12.6. The normalized spacial score (nSPS) is 11.0. The molecule has 0 saturated carbocycles. The van der Waals surface area contributed by atoms with Crippen LogP contribution in [0.5, 0.6) is 0 Å². The number of hydrogen-bond acceptors (Lipinski definition) is 5. The van der Waals surface area contributed by atoms with Crippen molar-refractivity contribution >= 4 is 33.4 Å². The Bertz CT molecular complexity index is 609. The lowest BCUT2D eigenvalue weighted by atomic mass is 10.4. The number of halogens is 1. The summed E-state index contributed by atoms with van der Waals surface area (Å²) in [7, 11) is 0. The quantitative estimate of drug-likeness (QED) is 0.874. The fourth-order valence-corrected chi connectivity index (χ4v) is 2.04. The van der Waals surface area contributed by atoms with Crippen LogP contribution in [0.4, 0.5) is 5.82 Å². The average Bonchev–Trinajstić information content (AvgIpc) is 2.72. The molecule has 0 aliphatic carbocycles. The molecule has 7 heteroatoms. The summed E-state index contributed by atoms with van der Waals surface area (Å²) in [6, 6.07) is 0.216. The van der Waals surface area contributed by atoms with Crippen molar-refractivity contribution in [2.24, 2.45) is 0 Å². The molecule has 0 aliphatic heterocycles. The molecule has 2 rings (SSSR count). The first kappa shape index (κ1) is 13.8. The third kappa shape index (κ3) is 3.04. The van der Waals surface area contributed by atoms with Crippen molar-refractivity contribution in [3.8, 4) is 0 Å². The monoisotopic (exact) mass is 326 g/mol. The van der Waals surface area contributed by atoms with E-state index < -0.39 is 5.97 Å². The number of anilines is 1. The number of aromatic nitrogens is 3. The maximum absolute atomic E-state index is 11.7. The Balaban J connectivity index is 2.48. The first-order chi connectivity index (χ1) is 9.01. The van der Waals surface area contributed by atoms with E-state index in [0.717, 1.165) is 0 Å². The van der Waals surface area contributed by atoms with Crippen LogP contribution < -0.4 is 5.32 Å². The van der Waals surface area contributed by atoms with Gasteiger partial charge >= 0.3 is 5.97 Å². The summed E-state index contributed by atoms with van der Waals surface area (Å²) in [4.78, 5) is 20.3. The second-order valence-electron chi connectivity index (χ2n) is 4.29. The van der Waals surface area contributed by atoms with Gasteiger partial charge in [0, 0.05) is 18.4 Å². The van der Waals surface area contributed by atoms with Crippen molar-refractivity contribution < 1.29 is 9.53 Å². The van der Waals surface area contributed by atoms with Gasteiger partial charge in [0.1, 0.15) is 4.60 Å². The molecule has 0 atom stereocenters. The van der Waals surface area contributed by atoms with E-state index in [0.29, 0.717) is 22.7 Å². The Morgan fingerprint density at radius 3 is 2.84 bits per heavy atom. The second-order valence-corrected chi connectivity index (χ2v) is 5.10. The highest BCUT2D eigenvalue weighted by atomic mass is 79.9. The number of ether oxygens (including phenoxy) is 1. The number of imidazole rings is 1. The van der Waals surface area contributed by atoms with E-state index in [4.69, 9.17) is 4.74 Å². The first-order valence-electron chi connectivity index (χ1n) is 6.00. The molecule has 0 unspecified atom stereocenters. The van der Waals surface area contributed by atoms with E-state index in [-0.39, 0.29) is 11.7 Å². The SMILES string of the molecule is CCOC(=O)c1cn2cc(Br)nc(NC(C)C)c2n1. The molecule has 6 nitrogen and oxygen atoms in total. The van der Waals surface area contributed by atoms with Crippen LogP contribution in [0.3, 0.4) is 0 Å². The third-order valence-corrected chi connectivity index (χ3v) is 2.70. The summed E-state index contributed by atoms with van der Waals surface area (Å²) >= 11 is 3.33. The van der Waals surface area contributed by atoms with Crippen molar-refractivity contribution in [2.45, 2.75) is 26.8 Å². The fourth-order valence-electron chi connectivity index (χ4n) is 1.64. The summed E-state index contributed by atoms with van der Waals surface area (Å²) in [5, 5.41) is 3.20. The van der Waals surface area contributed by atoms with Crippen LogP contribution in [-0.4, -0.2) is 33.0 Å². The van der Waals surface area contributed by atoms with Gasteiger partial charge in [-0.2, -0.15) is 0 Å². The molecule has 0 bridgehead atoms. The van der Waals surface area contributed by atoms with Gasteiger partial charge in [0.2, 0.25) is 0 Å². The van der Waals surface area contributed by atoms with E-state index in [1.807, 2.05) is 13.8 Å². The van der Waals surface area contributed by atoms with Crippen LogP contribution in [0.25, 0.3) is 5.65 Å². The molecule has 0 aromatic carbocycles. The van der Waals surface area contributed by atoms with E-state index in [9.17, 15) is 4.79 Å². The molecule has 0 fully saturated rings. The predicted molar refractivity (Wildman–Crippen MR) is 75.4 cm³/mol. The van der Waals surface area contributed by atoms with E-state index in [2.05, 4.69) is 31.2 Å². The van der Waals surface area contributed by atoms with Crippen molar-refractivity contribution in [1.82, 2.24) is 14.4 Å². The van der Waals surface area contributed by atoms with Gasteiger partial charge in [0.15, 0.2) is 17.2 Å². The number of carbonyl (C=O) groups is 1. The minimum atomic E-state index is -0.433. The number of esters is 1. The van der Waals surface area contributed by atoms with Gasteiger partial charge in [-0.25, -0.2) is 14.8 Å². The van der Waals surface area contributed by atoms with E-state index in [1.54, 1.807) is 23.7 Å². The summed E-state index contributed by atoms with van der Waals surface area (Å²) in [6.07, 6.45) is 3.38.